The maximum atomic E-state index is 14.1. The number of aryl methyl sites for hydroxylation is 2. The number of ether oxygens (including phenoxy) is 1. The van der Waals surface area contributed by atoms with Crippen molar-refractivity contribution in [1.82, 2.24) is 9.55 Å². The maximum Gasteiger partial charge on any atom is 0.267 e. The van der Waals surface area contributed by atoms with Crippen molar-refractivity contribution in [3.05, 3.63) is 80.5 Å². The van der Waals surface area contributed by atoms with Crippen LogP contribution in [-0.2, 0) is 18.6 Å². The summed E-state index contributed by atoms with van der Waals surface area (Å²) in [6.07, 6.45) is 3.11. The summed E-state index contributed by atoms with van der Waals surface area (Å²) in [6.45, 7) is 9.07. The van der Waals surface area contributed by atoms with Crippen LogP contribution in [0, 0.1) is 18.3 Å². The van der Waals surface area contributed by atoms with Crippen LogP contribution in [0.4, 0.5) is 0 Å². The number of aromatic nitrogens is 2. The first-order valence-electron chi connectivity index (χ1n) is 12.1. The van der Waals surface area contributed by atoms with Crippen LogP contribution in [0.5, 0.6) is 5.75 Å². The Morgan fingerprint density at radius 3 is 2.49 bits per heavy atom. The highest BCUT2D eigenvalue weighted by atomic mass is 32.2. The Hall–Kier alpha value is -2.57. The van der Waals surface area contributed by atoms with Gasteiger partial charge in [-0.15, -0.1) is 11.3 Å². The SMILES string of the molecule is COc1ccc(-n2c(SCc3ccc(C)cc3)nc3sc4c(c3c2=O)CCC(C(C)(C)C)C4)cc1. The molecule has 6 heteroatoms. The lowest BCUT2D eigenvalue weighted by molar-refractivity contribution is 0.218. The first-order chi connectivity index (χ1) is 16.7. The average Bonchev–Trinajstić information content (AvgIpc) is 3.21. The van der Waals surface area contributed by atoms with E-state index in [0.717, 1.165) is 51.8 Å². The van der Waals surface area contributed by atoms with Gasteiger partial charge in [-0.1, -0.05) is 62.4 Å². The molecule has 2 heterocycles. The third kappa shape index (κ3) is 4.78. The quantitative estimate of drug-likeness (QED) is 0.213. The molecular formula is C29H32N2O2S2. The minimum atomic E-state index is 0.0401. The van der Waals surface area contributed by atoms with Gasteiger partial charge in [0.05, 0.1) is 18.2 Å². The van der Waals surface area contributed by atoms with Crippen molar-refractivity contribution in [1.29, 1.82) is 0 Å². The summed E-state index contributed by atoms with van der Waals surface area (Å²) < 4.78 is 7.14. The number of thiophene rings is 1. The molecule has 0 radical (unpaired) electrons. The summed E-state index contributed by atoms with van der Waals surface area (Å²) in [6, 6.07) is 16.2. The molecule has 0 N–H and O–H groups in total. The molecular weight excluding hydrogens is 472 g/mol. The lowest BCUT2D eigenvalue weighted by Gasteiger charge is -2.33. The molecule has 1 aliphatic rings. The molecule has 4 aromatic rings. The largest absolute Gasteiger partial charge is 0.497 e. The first kappa shape index (κ1) is 24.1. The second-order valence-corrected chi connectivity index (χ2v) is 12.5. The summed E-state index contributed by atoms with van der Waals surface area (Å²) >= 11 is 3.34. The van der Waals surface area contributed by atoms with Gasteiger partial charge in [-0.05, 0) is 72.9 Å². The Morgan fingerprint density at radius 1 is 1.11 bits per heavy atom. The standard InChI is InChI=1S/C29H32N2O2S2/c1-18-6-8-19(9-7-18)17-34-28-30-26-25(23-15-10-20(29(2,3)4)16-24(23)35-26)27(32)31(28)21-11-13-22(33-5)14-12-21/h6-9,11-14,20H,10,15-17H2,1-5H3. The molecule has 0 aliphatic heterocycles. The maximum absolute atomic E-state index is 14.1. The van der Waals surface area contributed by atoms with Gasteiger partial charge in [0.25, 0.3) is 5.56 Å². The van der Waals surface area contributed by atoms with Crippen LogP contribution in [-0.4, -0.2) is 16.7 Å². The van der Waals surface area contributed by atoms with Crippen LogP contribution in [0.1, 0.15) is 48.8 Å². The number of rotatable bonds is 5. The van der Waals surface area contributed by atoms with Crippen molar-refractivity contribution in [2.45, 2.75) is 57.9 Å². The van der Waals surface area contributed by atoms with Crippen LogP contribution in [0.25, 0.3) is 15.9 Å². The third-order valence-corrected chi connectivity index (χ3v) is 9.25. The molecule has 1 unspecified atom stereocenters. The minimum Gasteiger partial charge on any atom is -0.497 e. The Morgan fingerprint density at radius 2 is 1.83 bits per heavy atom. The van der Waals surface area contributed by atoms with Crippen LogP contribution < -0.4 is 10.3 Å². The Labute approximate surface area is 215 Å². The fraction of sp³-hybridized carbons (Fsp3) is 0.379. The second-order valence-electron chi connectivity index (χ2n) is 10.5. The minimum absolute atomic E-state index is 0.0401. The molecule has 0 amide bonds. The zero-order chi connectivity index (χ0) is 24.7. The molecule has 1 aliphatic carbocycles. The van der Waals surface area contributed by atoms with Gasteiger partial charge in [-0.2, -0.15) is 0 Å². The van der Waals surface area contributed by atoms with E-state index >= 15 is 0 Å². The number of hydrogen-bond acceptors (Lipinski definition) is 5. The van der Waals surface area contributed by atoms with E-state index in [1.165, 1.54) is 21.6 Å². The number of benzene rings is 2. The molecule has 2 aromatic heterocycles. The fourth-order valence-corrected chi connectivity index (χ4v) is 7.14. The van der Waals surface area contributed by atoms with E-state index in [-0.39, 0.29) is 11.0 Å². The highest BCUT2D eigenvalue weighted by Crippen LogP contribution is 2.42. The van der Waals surface area contributed by atoms with Crippen LogP contribution in [0.2, 0.25) is 0 Å². The molecule has 4 nitrogen and oxygen atoms in total. The predicted molar refractivity (Wildman–Crippen MR) is 147 cm³/mol. The Kier molecular flexibility index (Phi) is 6.53. The van der Waals surface area contributed by atoms with E-state index in [0.29, 0.717) is 5.92 Å². The van der Waals surface area contributed by atoms with Crippen LogP contribution in [0.15, 0.2) is 58.5 Å². The summed E-state index contributed by atoms with van der Waals surface area (Å²) in [5.41, 5.74) is 4.80. The van der Waals surface area contributed by atoms with E-state index in [1.807, 2.05) is 24.3 Å². The van der Waals surface area contributed by atoms with E-state index < -0.39 is 0 Å². The van der Waals surface area contributed by atoms with E-state index in [2.05, 4.69) is 52.0 Å². The molecule has 35 heavy (non-hydrogen) atoms. The molecule has 0 fully saturated rings. The average molecular weight is 505 g/mol. The van der Waals surface area contributed by atoms with Gasteiger partial charge >= 0.3 is 0 Å². The van der Waals surface area contributed by atoms with Crippen molar-refractivity contribution in [3.63, 3.8) is 0 Å². The molecule has 0 saturated heterocycles. The van der Waals surface area contributed by atoms with E-state index in [4.69, 9.17) is 9.72 Å². The Balaban J connectivity index is 1.62. The fourth-order valence-electron chi connectivity index (χ4n) is 4.83. The highest BCUT2D eigenvalue weighted by molar-refractivity contribution is 7.98. The lowest BCUT2D eigenvalue weighted by Crippen LogP contribution is -2.27. The van der Waals surface area contributed by atoms with E-state index in [9.17, 15) is 4.79 Å². The predicted octanol–water partition coefficient (Wildman–Crippen LogP) is 7.21. The second kappa shape index (κ2) is 9.47. The lowest BCUT2D eigenvalue weighted by atomic mass is 9.72. The third-order valence-electron chi connectivity index (χ3n) is 7.10. The summed E-state index contributed by atoms with van der Waals surface area (Å²) in [4.78, 5) is 21.4. The first-order valence-corrected chi connectivity index (χ1v) is 13.9. The molecule has 1 atom stereocenters. The van der Waals surface area contributed by atoms with Gasteiger partial charge in [0.15, 0.2) is 5.16 Å². The van der Waals surface area contributed by atoms with Gasteiger partial charge in [0, 0.05) is 10.6 Å². The molecule has 182 valence electrons. The summed E-state index contributed by atoms with van der Waals surface area (Å²) in [7, 11) is 1.65. The van der Waals surface area contributed by atoms with Gasteiger partial charge in [0.1, 0.15) is 10.6 Å². The topological polar surface area (TPSA) is 44.1 Å². The van der Waals surface area contributed by atoms with Crippen molar-refractivity contribution in [2.75, 3.05) is 7.11 Å². The number of thioether (sulfide) groups is 1. The Bertz CT molecular complexity index is 1410. The van der Waals surface area contributed by atoms with Gasteiger partial charge < -0.3 is 4.74 Å². The van der Waals surface area contributed by atoms with Crippen molar-refractivity contribution in [2.24, 2.45) is 11.3 Å². The van der Waals surface area contributed by atoms with Gasteiger partial charge in [0.2, 0.25) is 0 Å². The summed E-state index contributed by atoms with van der Waals surface area (Å²) in [5.74, 6) is 2.15. The van der Waals surface area contributed by atoms with Crippen molar-refractivity contribution in [3.8, 4) is 11.4 Å². The smallest absolute Gasteiger partial charge is 0.267 e. The molecule has 2 aromatic carbocycles. The highest BCUT2D eigenvalue weighted by Gasteiger charge is 2.32. The number of methoxy groups -OCH3 is 1. The van der Waals surface area contributed by atoms with Gasteiger partial charge in [-0.3, -0.25) is 9.36 Å². The molecule has 5 rings (SSSR count). The van der Waals surface area contributed by atoms with Crippen LogP contribution in [0.3, 0.4) is 0 Å². The van der Waals surface area contributed by atoms with Crippen LogP contribution >= 0.6 is 23.1 Å². The van der Waals surface area contributed by atoms with E-state index in [1.54, 1.807) is 34.8 Å². The monoisotopic (exact) mass is 504 g/mol. The molecule has 0 bridgehead atoms. The normalized spacial score (nSPS) is 15.9. The number of nitrogens with zero attached hydrogens (tertiary/aromatic N) is 2. The zero-order valence-corrected chi connectivity index (χ0v) is 22.7. The zero-order valence-electron chi connectivity index (χ0n) is 21.1. The van der Waals surface area contributed by atoms with Crippen molar-refractivity contribution >= 4 is 33.3 Å². The molecule has 0 saturated carbocycles. The number of hydrogen-bond donors (Lipinski definition) is 0. The summed E-state index contributed by atoms with van der Waals surface area (Å²) in [5, 5.41) is 1.55. The van der Waals surface area contributed by atoms with Crippen molar-refractivity contribution < 1.29 is 4.74 Å². The molecule has 0 spiro atoms. The number of fused-ring (bicyclic) bond motifs is 3. The van der Waals surface area contributed by atoms with Gasteiger partial charge in [-0.25, -0.2) is 4.98 Å².